The number of aryl methyl sites for hydroxylation is 2. The van der Waals surface area contributed by atoms with E-state index in [4.69, 9.17) is 0 Å². The first kappa shape index (κ1) is 16.1. The molecule has 0 saturated carbocycles. The van der Waals surface area contributed by atoms with E-state index in [1.54, 1.807) is 0 Å². The summed E-state index contributed by atoms with van der Waals surface area (Å²) in [4.78, 5) is 1.35. The molecule has 0 saturated heterocycles. The fourth-order valence-corrected chi connectivity index (χ4v) is 3.64. The quantitative estimate of drug-likeness (QED) is 0.749. The van der Waals surface area contributed by atoms with Gasteiger partial charge in [0, 0.05) is 16.7 Å². The lowest BCUT2D eigenvalue weighted by Crippen LogP contribution is -2.33. The van der Waals surface area contributed by atoms with Crippen molar-refractivity contribution in [2.24, 2.45) is 0 Å². The van der Waals surface area contributed by atoms with E-state index in [-0.39, 0.29) is 0 Å². The topological polar surface area (TPSA) is 12.0 Å². The average Bonchev–Trinajstić information content (AvgIpc) is 2.45. The molecule has 2 aromatic carbocycles. The number of rotatable bonds is 7. The van der Waals surface area contributed by atoms with Gasteiger partial charge in [0.15, 0.2) is 0 Å². The molecule has 112 valence electrons. The number of likely N-dealkylation sites (N-methyl/N-ethyl adjacent to an activating group) is 1. The van der Waals surface area contributed by atoms with Crippen LogP contribution >= 0.6 is 11.8 Å². The zero-order chi connectivity index (χ0) is 15.1. The SMILES string of the molecule is CCNC(CSc1ccccc1)Cc1cc(C)cc(C)c1. The minimum absolute atomic E-state index is 0.515. The maximum atomic E-state index is 3.62. The van der Waals surface area contributed by atoms with Crippen LogP contribution in [0.2, 0.25) is 0 Å². The maximum Gasteiger partial charge on any atom is 0.0201 e. The van der Waals surface area contributed by atoms with Crippen molar-refractivity contribution in [1.29, 1.82) is 0 Å². The van der Waals surface area contributed by atoms with E-state index in [2.05, 4.69) is 74.6 Å². The van der Waals surface area contributed by atoms with E-state index in [0.29, 0.717) is 6.04 Å². The molecule has 0 amide bonds. The molecule has 0 aromatic heterocycles. The molecule has 1 N–H and O–H groups in total. The van der Waals surface area contributed by atoms with Gasteiger partial charge in [0.2, 0.25) is 0 Å². The van der Waals surface area contributed by atoms with Crippen LogP contribution in [0.15, 0.2) is 53.4 Å². The van der Waals surface area contributed by atoms with Crippen LogP contribution in [-0.2, 0) is 6.42 Å². The largest absolute Gasteiger partial charge is 0.313 e. The molecule has 0 radical (unpaired) electrons. The van der Waals surface area contributed by atoms with Crippen LogP contribution in [0.25, 0.3) is 0 Å². The van der Waals surface area contributed by atoms with Gasteiger partial charge in [-0.3, -0.25) is 0 Å². The molecule has 2 aromatic rings. The lowest BCUT2D eigenvalue weighted by atomic mass is 10.0. The Balaban J connectivity index is 1.98. The summed E-state index contributed by atoms with van der Waals surface area (Å²) in [6.07, 6.45) is 1.09. The number of thioether (sulfide) groups is 1. The molecule has 0 heterocycles. The van der Waals surface area contributed by atoms with Gasteiger partial charge in [-0.15, -0.1) is 11.8 Å². The second kappa shape index (κ2) is 8.26. The molecule has 1 unspecified atom stereocenters. The van der Waals surface area contributed by atoms with E-state index >= 15 is 0 Å². The zero-order valence-electron chi connectivity index (χ0n) is 13.2. The van der Waals surface area contributed by atoms with Crippen LogP contribution in [0.5, 0.6) is 0 Å². The normalized spacial score (nSPS) is 12.3. The summed E-state index contributed by atoms with van der Waals surface area (Å²) in [5.74, 6) is 1.10. The van der Waals surface area contributed by atoms with Crippen molar-refractivity contribution in [2.75, 3.05) is 12.3 Å². The molecule has 0 aliphatic carbocycles. The summed E-state index contributed by atoms with van der Waals surface area (Å²) in [5.41, 5.74) is 4.15. The van der Waals surface area contributed by atoms with E-state index in [1.807, 2.05) is 11.8 Å². The van der Waals surface area contributed by atoms with Crippen molar-refractivity contribution in [3.05, 3.63) is 65.2 Å². The van der Waals surface area contributed by atoms with E-state index in [0.717, 1.165) is 18.7 Å². The molecule has 1 atom stereocenters. The standard InChI is InChI=1S/C19H25NS/c1-4-20-18(14-21-19-8-6-5-7-9-19)13-17-11-15(2)10-16(3)12-17/h5-12,18,20H,4,13-14H2,1-3H3. The van der Waals surface area contributed by atoms with E-state index < -0.39 is 0 Å². The summed E-state index contributed by atoms with van der Waals surface area (Å²) >= 11 is 1.93. The highest BCUT2D eigenvalue weighted by molar-refractivity contribution is 7.99. The Labute approximate surface area is 133 Å². The molecule has 2 rings (SSSR count). The lowest BCUT2D eigenvalue weighted by Gasteiger charge is -2.18. The van der Waals surface area contributed by atoms with Gasteiger partial charge in [0.05, 0.1) is 0 Å². The van der Waals surface area contributed by atoms with Crippen LogP contribution in [0, 0.1) is 13.8 Å². The van der Waals surface area contributed by atoms with Gasteiger partial charge in [-0.1, -0.05) is 54.4 Å². The zero-order valence-corrected chi connectivity index (χ0v) is 14.0. The Bertz CT molecular complexity index is 530. The van der Waals surface area contributed by atoms with Gasteiger partial charge >= 0.3 is 0 Å². The van der Waals surface area contributed by atoms with Crippen LogP contribution in [0.4, 0.5) is 0 Å². The number of hydrogen-bond acceptors (Lipinski definition) is 2. The van der Waals surface area contributed by atoms with Gasteiger partial charge in [-0.05, 0) is 44.5 Å². The molecular formula is C19H25NS. The van der Waals surface area contributed by atoms with Gasteiger partial charge in [-0.25, -0.2) is 0 Å². The molecule has 0 aliphatic rings. The van der Waals surface area contributed by atoms with Crippen molar-refractivity contribution < 1.29 is 0 Å². The Morgan fingerprint density at radius 3 is 2.29 bits per heavy atom. The Morgan fingerprint density at radius 1 is 1.00 bits per heavy atom. The van der Waals surface area contributed by atoms with E-state index in [1.165, 1.54) is 21.6 Å². The predicted molar refractivity (Wildman–Crippen MR) is 94.3 cm³/mol. The Morgan fingerprint density at radius 2 is 1.67 bits per heavy atom. The van der Waals surface area contributed by atoms with Gasteiger partial charge in [0.1, 0.15) is 0 Å². The monoisotopic (exact) mass is 299 g/mol. The Hall–Kier alpha value is -1.25. The van der Waals surface area contributed by atoms with Crippen molar-refractivity contribution >= 4 is 11.8 Å². The molecule has 21 heavy (non-hydrogen) atoms. The van der Waals surface area contributed by atoms with Crippen molar-refractivity contribution in [2.45, 2.75) is 38.1 Å². The molecule has 0 aliphatic heterocycles. The minimum atomic E-state index is 0.515. The van der Waals surface area contributed by atoms with Crippen LogP contribution in [0.1, 0.15) is 23.6 Å². The first-order valence-corrected chi connectivity index (χ1v) is 8.64. The van der Waals surface area contributed by atoms with Gasteiger partial charge in [-0.2, -0.15) is 0 Å². The fourth-order valence-electron chi connectivity index (χ4n) is 2.66. The summed E-state index contributed by atoms with van der Waals surface area (Å²) in [7, 11) is 0. The maximum absolute atomic E-state index is 3.62. The molecule has 0 spiro atoms. The van der Waals surface area contributed by atoms with E-state index in [9.17, 15) is 0 Å². The first-order chi connectivity index (χ1) is 10.2. The molecule has 2 heteroatoms. The van der Waals surface area contributed by atoms with Crippen molar-refractivity contribution in [3.8, 4) is 0 Å². The molecular weight excluding hydrogens is 274 g/mol. The minimum Gasteiger partial charge on any atom is -0.313 e. The number of benzene rings is 2. The summed E-state index contributed by atoms with van der Waals surface area (Å²) in [5, 5.41) is 3.62. The van der Waals surface area contributed by atoms with Crippen LogP contribution in [-0.4, -0.2) is 18.3 Å². The van der Waals surface area contributed by atoms with Crippen LogP contribution in [0.3, 0.4) is 0 Å². The highest BCUT2D eigenvalue weighted by atomic mass is 32.2. The Kier molecular flexibility index (Phi) is 6.34. The third-order valence-corrected chi connectivity index (χ3v) is 4.63. The second-order valence-electron chi connectivity index (χ2n) is 5.58. The fraction of sp³-hybridized carbons (Fsp3) is 0.368. The van der Waals surface area contributed by atoms with Crippen molar-refractivity contribution in [1.82, 2.24) is 5.32 Å². The summed E-state index contributed by atoms with van der Waals surface area (Å²) < 4.78 is 0. The third-order valence-electron chi connectivity index (χ3n) is 3.45. The predicted octanol–water partition coefficient (Wildman–Crippen LogP) is 4.62. The number of nitrogens with one attached hydrogen (secondary N) is 1. The van der Waals surface area contributed by atoms with Gasteiger partial charge in [0.25, 0.3) is 0 Å². The summed E-state index contributed by atoms with van der Waals surface area (Å²) in [6.45, 7) is 7.56. The van der Waals surface area contributed by atoms with Gasteiger partial charge < -0.3 is 5.32 Å². The average molecular weight is 299 g/mol. The van der Waals surface area contributed by atoms with Crippen molar-refractivity contribution in [3.63, 3.8) is 0 Å². The summed E-state index contributed by atoms with van der Waals surface area (Å²) in [6, 6.07) is 18.0. The number of hydrogen-bond donors (Lipinski definition) is 1. The smallest absolute Gasteiger partial charge is 0.0201 e. The highest BCUT2D eigenvalue weighted by Gasteiger charge is 2.10. The third kappa shape index (κ3) is 5.56. The van der Waals surface area contributed by atoms with Crippen LogP contribution < -0.4 is 5.32 Å². The molecule has 0 fully saturated rings. The molecule has 1 nitrogen and oxygen atoms in total. The molecule has 0 bridgehead atoms. The second-order valence-corrected chi connectivity index (χ2v) is 6.67. The first-order valence-electron chi connectivity index (χ1n) is 7.65. The highest BCUT2D eigenvalue weighted by Crippen LogP contribution is 2.20. The lowest BCUT2D eigenvalue weighted by molar-refractivity contribution is 0.572.